The van der Waals surface area contributed by atoms with Crippen LogP contribution >= 0.6 is 7.94 Å². The Morgan fingerprint density at radius 3 is 1.15 bits per heavy atom. The van der Waals surface area contributed by atoms with Gasteiger partial charge in [-0.2, -0.15) is 0 Å². The van der Waals surface area contributed by atoms with Gasteiger partial charge in [-0.15, -0.1) is 0 Å². The van der Waals surface area contributed by atoms with Gasteiger partial charge in [0.1, 0.15) is 0 Å². The maximum Gasteiger partial charge on any atom is -0.274 e. The summed E-state index contributed by atoms with van der Waals surface area (Å²) in [5.74, 6) is 24.0. The molecule has 0 spiro atoms. The van der Waals surface area contributed by atoms with Gasteiger partial charge in [0, 0.05) is 0 Å². The van der Waals surface area contributed by atoms with E-state index in [1.807, 2.05) is 0 Å². The quantitative estimate of drug-likeness (QED) is 0.0959. The predicted molar refractivity (Wildman–Crippen MR) is 55.2 cm³/mol. The zero-order valence-electron chi connectivity index (χ0n) is 7.30. The van der Waals surface area contributed by atoms with Gasteiger partial charge in [0.15, 0.2) is 0 Å². The van der Waals surface area contributed by atoms with Crippen LogP contribution in [0.2, 0.25) is 0 Å². The molecule has 0 fully saturated rings. The van der Waals surface area contributed by atoms with Crippen LogP contribution < -0.4 is 35.1 Å². The largest absolute Gasteiger partial charge is 0.274 e. The summed E-state index contributed by atoms with van der Waals surface area (Å²) in [4.78, 5) is 24.6. The van der Waals surface area contributed by atoms with Crippen molar-refractivity contribution in [2.45, 2.75) is 0 Å². The van der Waals surface area contributed by atoms with Gasteiger partial charge in [0.25, 0.3) is 0 Å². The maximum atomic E-state index is 8.20. The third kappa shape index (κ3) is 78.3. The van der Waals surface area contributed by atoms with E-state index in [0.717, 1.165) is 0 Å². The van der Waals surface area contributed by atoms with Crippen molar-refractivity contribution in [3.8, 4) is 0 Å². The first kappa shape index (κ1) is 23.0. The van der Waals surface area contributed by atoms with Crippen molar-refractivity contribution >= 4 is 7.94 Å². The second-order valence-corrected chi connectivity index (χ2v) is 3.22. The minimum absolute atomic E-state index is 0.0903. The van der Waals surface area contributed by atoms with Crippen LogP contribution in [0.25, 0.3) is 0 Å². The van der Waals surface area contributed by atoms with Crippen LogP contribution in [0.15, 0.2) is 12.7 Å². The van der Waals surface area contributed by atoms with E-state index in [1.165, 1.54) is 6.08 Å². The summed E-state index contributed by atoms with van der Waals surface area (Å²) in [6.45, 7) is 3.20. The number of hydrogen-bond acceptors (Lipinski definition) is 9. The second-order valence-electron chi connectivity index (χ2n) is 1.27. The Morgan fingerprint density at radius 1 is 0.923 bits per heavy atom. The molecule has 0 radical (unpaired) electrons. The molecule has 0 aromatic heterocycles. The van der Waals surface area contributed by atoms with E-state index < -0.39 is 7.94 Å². The van der Waals surface area contributed by atoms with Gasteiger partial charge in [0.05, 0.1) is 0 Å². The molecule has 0 atom stereocenters. The number of nitrogens with two attached hydrogens (primary N) is 6. The Kier molecular flexibility index (Phi) is 40.1. The van der Waals surface area contributed by atoms with E-state index in [9.17, 15) is 0 Å². The van der Waals surface area contributed by atoms with Crippen LogP contribution in [0.5, 0.6) is 0 Å². The van der Waals surface area contributed by atoms with Gasteiger partial charge < -0.3 is 0 Å². The molecule has 0 aliphatic rings. The SMILES string of the molecule is C=CC[PH](O)(O)O.NN.NN.NN. The Bertz CT molecular complexity index is 78.0. The van der Waals surface area contributed by atoms with Gasteiger partial charge in [-0.25, -0.2) is 0 Å². The molecule has 0 aromatic rings. The second kappa shape index (κ2) is 22.6. The summed E-state index contributed by atoms with van der Waals surface area (Å²) >= 11 is 0. The van der Waals surface area contributed by atoms with Crippen LogP contribution in [0.1, 0.15) is 0 Å². The Balaban J connectivity index is -0.0000000573. The fourth-order valence-electron chi connectivity index (χ4n) is 0.194. The van der Waals surface area contributed by atoms with Crippen LogP contribution in [0.4, 0.5) is 0 Å². The first-order valence-corrected chi connectivity index (χ1v) is 4.89. The van der Waals surface area contributed by atoms with Crippen molar-refractivity contribution in [2.24, 2.45) is 35.1 Å². The van der Waals surface area contributed by atoms with Crippen LogP contribution in [-0.2, 0) is 0 Å². The molecular formula is C3H21N6O3P. The molecule has 0 aliphatic carbocycles. The molecule has 0 amide bonds. The Hall–Kier alpha value is -0.190. The van der Waals surface area contributed by atoms with Crippen LogP contribution in [0, 0.1) is 0 Å². The maximum absolute atomic E-state index is 8.20. The van der Waals surface area contributed by atoms with Crippen molar-refractivity contribution in [1.29, 1.82) is 0 Å². The monoisotopic (exact) mass is 220 g/mol. The Morgan fingerprint density at radius 2 is 1.15 bits per heavy atom. The first-order valence-electron chi connectivity index (χ1n) is 2.84. The van der Waals surface area contributed by atoms with Gasteiger partial charge in [-0.1, -0.05) is 0 Å². The smallest absolute Gasteiger partial charge is 0.274 e. The molecular weight excluding hydrogens is 199 g/mol. The summed E-state index contributed by atoms with van der Waals surface area (Å²) in [5.41, 5.74) is 0. The van der Waals surface area contributed by atoms with E-state index in [0.29, 0.717) is 0 Å². The summed E-state index contributed by atoms with van der Waals surface area (Å²) in [6, 6.07) is 0. The first-order chi connectivity index (χ1) is 6.06. The standard InChI is InChI=1S/C3H9O3P.3H4N2/c1-2-3-7(4,5)6;3*1-2/h2,4-7H,1,3H2;3*1-2H2. The minimum Gasteiger partial charge on any atom is -0.274 e. The molecule has 0 unspecified atom stereocenters. The number of rotatable bonds is 2. The zero-order chi connectivity index (χ0) is 11.9. The molecule has 15 N–H and O–H groups in total. The molecule has 0 heterocycles. The van der Waals surface area contributed by atoms with Crippen LogP contribution in [0.3, 0.4) is 0 Å². The molecule has 13 heavy (non-hydrogen) atoms. The molecule has 9 nitrogen and oxygen atoms in total. The normalized spacial score (nSPS) is 8.69. The number of allylic oxidation sites excluding steroid dienone is 1. The van der Waals surface area contributed by atoms with E-state index in [2.05, 4.69) is 41.6 Å². The summed E-state index contributed by atoms with van der Waals surface area (Å²) in [5, 5.41) is 0. The van der Waals surface area contributed by atoms with E-state index in [1.54, 1.807) is 0 Å². The molecule has 0 rings (SSSR count). The predicted octanol–water partition coefficient (Wildman–Crippen LogP) is -3.90. The van der Waals surface area contributed by atoms with Gasteiger partial charge >= 0.3 is 41.4 Å². The van der Waals surface area contributed by atoms with E-state index in [-0.39, 0.29) is 6.16 Å². The third-order valence-corrected chi connectivity index (χ3v) is 1.25. The number of hydrogen-bond donors (Lipinski definition) is 9. The molecule has 0 aliphatic heterocycles. The summed E-state index contributed by atoms with van der Waals surface area (Å²) in [7, 11) is -3.78. The summed E-state index contributed by atoms with van der Waals surface area (Å²) in [6.07, 6.45) is 1.18. The number of hydrazine groups is 3. The van der Waals surface area contributed by atoms with Crippen molar-refractivity contribution < 1.29 is 14.7 Å². The van der Waals surface area contributed by atoms with E-state index in [4.69, 9.17) is 14.7 Å². The van der Waals surface area contributed by atoms with Crippen molar-refractivity contribution in [3.63, 3.8) is 0 Å². The molecule has 0 aromatic carbocycles. The average molecular weight is 220 g/mol. The van der Waals surface area contributed by atoms with Crippen molar-refractivity contribution in [2.75, 3.05) is 6.16 Å². The topological polar surface area (TPSA) is 217 Å². The molecule has 10 heteroatoms. The van der Waals surface area contributed by atoms with Gasteiger partial charge in [-0.3, -0.25) is 35.1 Å². The third-order valence-electron chi connectivity index (χ3n) is 0.418. The van der Waals surface area contributed by atoms with Crippen molar-refractivity contribution in [3.05, 3.63) is 12.7 Å². The van der Waals surface area contributed by atoms with Crippen molar-refractivity contribution in [1.82, 2.24) is 0 Å². The molecule has 0 saturated carbocycles. The minimum atomic E-state index is -3.78. The van der Waals surface area contributed by atoms with Gasteiger partial charge in [0.2, 0.25) is 0 Å². The molecule has 0 saturated heterocycles. The zero-order valence-corrected chi connectivity index (χ0v) is 8.30. The molecule has 0 bridgehead atoms. The summed E-state index contributed by atoms with van der Waals surface area (Å²) < 4.78 is 0. The fourth-order valence-corrected chi connectivity index (χ4v) is 0.581. The fraction of sp³-hybridized carbons (Fsp3) is 0.333. The molecule has 86 valence electrons. The average Bonchev–Trinajstić information content (AvgIpc) is 2.13. The Labute approximate surface area is 77.5 Å². The van der Waals surface area contributed by atoms with Gasteiger partial charge in [-0.05, 0) is 0 Å². The van der Waals surface area contributed by atoms with Crippen LogP contribution in [-0.4, -0.2) is 20.8 Å². The van der Waals surface area contributed by atoms with E-state index >= 15 is 0 Å².